The Kier molecular flexibility index (Phi) is 5.21. The first-order chi connectivity index (χ1) is 12.1. The SMILES string of the molecule is CCOC(=O)CCNC(=O)N1CCCC1c1nc2ccc(C)cc2[nH]1. The Balaban J connectivity index is 1.64. The summed E-state index contributed by atoms with van der Waals surface area (Å²) in [5.41, 5.74) is 3.07. The van der Waals surface area contributed by atoms with E-state index in [0.717, 1.165) is 29.7 Å². The van der Waals surface area contributed by atoms with E-state index < -0.39 is 0 Å². The number of likely N-dealkylation sites (tertiary alicyclic amines) is 1. The summed E-state index contributed by atoms with van der Waals surface area (Å²) in [6, 6.07) is 5.86. The van der Waals surface area contributed by atoms with Crippen molar-refractivity contribution in [3.8, 4) is 0 Å². The minimum atomic E-state index is -0.298. The molecule has 2 amide bonds. The maximum atomic E-state index is 12.5. The zero-order chi connectivity index (χ0) is 17.8. The van der Waals surface area contributed by atoms with Gasteiger partial charge in [0.05, 0.1) is 30.1 Å². The molecule has 1 atom stereocenters. The molecular weight excluding hydrogens is 320 g/mol. The van der Waals surface area contributed by atoms with Crippen molar-refractivity contribution in [3.05, 3.63) is 29.6 Å². The number of imidazole rings is 1. The molecule has 1 fully saturated rings. The van der Waals surface area contributed by atoms with Gasteiger partial charge in [-0.15, -0.1) is 0 Å². The van der Waals surface area contributed by atoms with E-state index in [4.69, 9.17) is 4.74 Å². The number of carbonyl (C=O) groups excluding carboxylic acids is 2. The van der Waals surface area contributed by atoms with Gasteiger partial charge in [-0.25, -0.2) is 9.78 Å². The highest BCUT2D eigenvalue weighted by atomic mass is 16.5. The van der Waals surface area contributed by atoms with E-state index in [1.807, 2.05) is 19.1 Å². The Bertz CT molecular complexity index is 771. The van der Waals surface area contributed by atoms with E-state index in [1.165, 1.54) is 5.56 Å². The number of nitrogens with zero attached hydrogens (tertiary/aromatic N) is 2. The van der Waals surface area contributed by atoms with Gasteiger partial charge in [0.1, 0.15) is 5.82 Å². The number of ether oxygens (including phenoxy) is 1. The predicted molar refractivity (Wildman–Crippen MR) is 94.2 cm³/mol. The minimum absolute atomic E-state index is 0.0599. The minimum Gasteiger partial charge on any atom is -0.466 e. The number of aromatic amines is 1. The molecule has 2 heterocycles. The number of esters is 1. The lowest BCUT2D eigenvalue weighted by atomic mass is 10.2. The Labute approximate surface area is 146 Å². The summed E-state index contributed by atoms with van der Waals surface area (Å²) in [5, 5.41) is 2.80. The number of H-pyrrole nitrogens is 1. The van der Waals surface area contributed by atoms with Crippen molar-refractivity contribution >= 4 is 23.0 Å². The van der Waals surface area contributed by atoms with Crippen LogP contribution >= 0.6 is 0 Å². The molecule has 1 aromatic carbocycles. The van der Waals surface area contributed by atoms with Gasteiger partial charge >= 0.3 is 12.0 Å². The van der Waals surface area contributed by atoms with Crippen LogP contribution in [0.2, 0.25) is 0 Å². The van der Waals surface area contributed by atoms with E-state index >= 15 is 0 Å². The lowest BCUT2D eigenvalue weighted by Gasteiger charge is -2.23. The van der Waals surface area contributed by atoms with Crippen LogP contribution in [0.5, 0.6) is 0 Å². The molecule has 1 unspecified atom stereocenters. The van der Waals surface area contributed by atoms with Crippen LogP contribution in [0.25, 0.3) is 11.0 Å². The molecule has 134 valence electrons. The molecule has 1 aliphatic rings. The molecule has 2 N–H and O–H groups in total. The van der Waals surface area contributed by atoms with E-state index in [1.54, 1.807) is 11.8 Å². The summed E-state index contributed by atoms with van der Waals surface area (Å²) in [6.07, 6.45) is 2.00. The number of aromatic nitrogens is 2. The first kappa shape index (κ1) is 17.3. The molecule has 3 rings (SSSR count). The van der Waals surface area contributed by atoms with Gasteiger partial charge in [0.2, 0.25) is 0 Å². The fourth-order valence-corrected chi connectivity index (χ4v) is 3.20. The van der Waals surface area contributed by atoms with Gasteiger partial charge in [-0.1, -0.05) is 6.07 Å². The number of benzene rings is 1. The van der Waals surface area contributed by atoms with Crippen molar-refractivity contribution in [2.75, 3.05) is 19.7 Å². The molecule has 25 heavy (non-hydrogen) atoms. The molecule has 0 radical (unpaired) electrons. The highest BCUT2D eigenvalue weighted by Gasteiger charge is 2.32. The number of aryl methyl sites for hydroxylation is 1. The average Bonchev–Trinajstić information content (AvgIpc) is 3.20. The van der Waals surface area contributed by atoms with Crippen LogP contribution in [0.15, 0.2) is 18.2 Å². The van der Waals surface area contributed by atoms with Gasteiger partial charge in [-0.05, 0) is 44.4 Å². The number of fused-ring (bicyclic) bond motifs is 1. The third kappa shape index (κ3) is 3.92. The fourth-order valence-electron chi connectivity index (χ4n) is 3.20. The highest BCUT2D eigenvalue weighted by Crippen LogP contribution is 2.31. The van der Waals surface area contributed by atoms with Crippen LogP contribution in [0.1, 0.15) is 43.6 Å². The molecule has 2 aromatic rings. The van der Waals surface area contributed by atoms with E-state index in [9.17, 15) is 9.59 Å². The molecule has 7 nitrogen and oxygen atoms in total. The third-order valence-corrected chi connectivity index (χ3v) is 4.40. The van der Waals surface area contributed by atoms with Crippen LogP contribution < -0.4 is 5.32 Å². The lowest BCUT2D eigenvalue weighted by molar-refractivity contribution is -0.142. The van der Waals surface area contributed by atoms with Gasteiger partial charge < -0.3 is 19.9 Å². The van der Waals surface area contributed by atoms with Crippen molar-refractivity contribution in [1.29, 1.82) is 0 Å². The standard InChI is InChI=1S/C18H24N4O3/c1-3-25-16(23)8-9-19-18(24)22-10-4-5-15(22)17-20-13-7-6-12(2)11-14(13)21-17/h6-7,11,15H,3-5,8-10H2,1-2H3,(H,19,24)(H,20,21). The number of urea groups is 1. The van der Waals surface area contributed by atoms with Crippen LogP contribution in [0, 0.1) is 6.92 Å². The topological polar surface area (TPSA) is 87.3 Å². The van der Waals surface area contributed by atoms with Crippen LogP contribution in [-0.4, -0.2) is 46.6 Å². The van der Waals surface area contributed by atoms with Gasteiger partial charge in [0.15, 0.2) is 0 Å². The van der Waals surface area contributed by atoms with Crippen molar-refractivity contribution in [2.45, 2.75) is 39.2 Å². The second kappa shape index (κ2) is 7.55. The number of amides is 2. The Morgan fingerprint density at radius 2 is 2.28 bits per heavy atom. The van der Waals surface area contributed by atoms with E-state index in [0.29, 0.717) is 13.2 Å². The first-order valence-electron chi connectivity index (χ1n) is 8.75. The lowest BCUT2D eigenvalue weighted by Crippen LogP contribution is -2.40. The normalized spacial score (nSPS) is 17.0. The van der Waals surface area contributed by atoms with Crippen LogP contribution in [0.3, 0.4) is 0 Å². The number of hydrogen-bond acceptors (Lipinski definition) is 4. The predicted octanol–water partition coefficient (Wildman–Crippen LogP) is 2.67. The van der Waals surface area contributed by atoms with Crippen molar-refractivity contribution in [1.82, 2.24) is 20.2 Å². The molecule has 0 aliphatic carbocycles. The van der Waals surface area contributed by atoms with Gasteiger partial charge in [0, 0.05) is 13.1 Å². The molecule has 7 heteroatoms. The molecule has 1 aliphatic heterocycles. The van der Waals surface area contributed by atoms with Gasteiger partial charge in [0.25, 0.3) is 0 Å². The zero-order valence-electron chi connectivity index (χ0n) is 14.7. The second-order valence-corrected chi connectivity index (χ2v) is 6.28. The zero-order valence-corrected chi connectivity index (χ0v) is 14.7. The Morgan fingerprint density at radius 3 is 3.08 bits per heavy atom. The molecule has 1 saturated heterocycles. The van der Waals surface area contributed by atoms with Crippen molar-refractivity contribution < 1.29 is 14.3 Å². The highest BCUT2D eigenvalue weighted by molar-refractivity contribution is 5.78. The van der Waals surface area contributed by atoms with Crippen LogP contribution in [0.4, 0.5) is 4.79 Å². The first-order valence-corrected chi connectivity index (χ1v) is 8.75. The fraction of sp³-hybridized carbons (Fsp3) is 0.500. The largest absolute Gasteiger partial charge is 0.466 e. The summed E-state index contributed by atoms with van der Waals surface area (Å²) in [7, 11) is 0. The van der Waals surface area contributed by atoms with Gasteiger partial charge in [-0.2, -0.15) is 0 Å². The smallest absolute Gasteiger partial charge is 0.318 e. The summed E-state index contributed by atoms with van der Waals surface area (Å²) < 4.78 is 4.86. The number of carbonyl (C=O) groups is 2. The molecule has 0 spiro atoms. The Hall–Kier alpha value is -2.57. The number of rotatable bonds is 5. The number of nitrogens with one attached hydrogen (secondary N) is 2. The molecular formula is C18H24N4O3. The van der Waals surface area contributed by atoms with Crippen LogP contribution in [-0.2, 0) is 9.53 Å². The molecule has 1 aromatic heterocycles. The summed E-state index contributed by atoms with van der Waals surface area (Å²) in [6.45, 7) is 5.12. The van der Waals surface area contributed by atoms with E-state index in [2.05, 4.69) is 21.4 Å². The van der Waals surface area contributed by atoms with Crippen molar-refractivity contribution in [2.24, 2.45) is 0 Å². The molecule has 0 bridgehead atoms. The number of hydrogen-bond donors (Lipinski definition) is 2. The average molecular weight is 344 g/mol. The monoisotopic (exact) mass is 344 g/mol. The quantitative estimate of drug-likeness (QED) is 0.816. The summed E-state index contributed by atoms with van der Waals surface area (Å²) in [4.78, 5) is 33.6. The third-order valence-electron chi connectivity index (χ3n) is 4.40. The van der Waals surface area contributed by atoms with E-state index in [-0.39, 0.29) is 31.0 Å². The summed E-state index contributed by atoms with van der Waals surface area (Å²) in [5.74, 6) is 0.520. The molecule has 0 saturated carbocycles. The van der Waals surface area contributed by atoms with Crippen molar-refractivity contribution in [3.63, 3.8) is 0 Å². The maximum absolute atomic E-state index is 12.5. The van der Waals surface area contributed by atoms with Gasteiger partial charge in [-0.3, -0.25) is 4.79 Å². The maximum Gasteiger partial charge on any atom is 0.318 e. The second-order valence-electron chi connectivity index (χ2n) is 6.28. The Morgan fingerprint density at radius 1 is 1.44 bits per heavy atom. The summed E-state index contributed by atoms with van der Waals surface area (Å²) >= 11 is 0.